The van der Waals surface area contributed by atoms with E-state index in [-0.39, 0.29) is 30.9 Å². The molecule has 1 fully saturated rings. The molecule has 2 N–H and O–H groups in total. The van der Waals surface area contributed by atoms with Crippen LogP contribution in [-0.2, 0) is 11.3 Å². The Hall–Kier alpha value is -1.99. The van der Waals surface area contributed by atoms with E-state index in [4.69, 9.17) is 9.52 Å². The molecule has 2 atom stereocenters. The molecule has 2 unspecified atom stereocenters. The maximum atomic E-state index is 12.7. The number of alkyl halides is 3. The van der Waals surface area contributed by atoms with Gasteiger partial charge in [-0.25, -0.2) is 4.79 Å². The van der Waals surface area contributed by atoms with E-state index in [1.807, 2.05) is 0 Å². The predicted molar refractivity (Wildman–Crippen MR) is 73.8 cm³/mol. The number of rotatable bonds is 4. The summed E-state index contributed by atoms with van der Waals surface area (Å²) in [6.07, 6.45) is -3.62. The molecule has 1 amide bonds. The van der Waals surface area contributed by atoms with E-state index in [9.17, 15) is 22.8 Å². The van der Waals surface area contributed by atoms with E-state index in [0.29, 0.717) is 18.4 Å². The van der Waals surface area contributed by atoms with E-state index < -0.39 is 29.9 Å². The van der Waals surface area contributed by atoms with Gasteiger partial charge in [0.15, 0.2) is 0 Å². The van der Waals surface area contributed by atoms with E-state index in [2.05, 4.69) is 5.32 Å². The first-order valence-electron chi connectivity index (χ1n) is 7.35. The van der Waals surface area contributed by atoms with Crippen molar-refractivity contribution in [1.82, 2.24) is 5.32 Å². The molecule has 1 aromatic rings. The van der Waals surface area contributed by atoms with Crippen molar-refractivity contribution in [3.05, 3.63) is 23.2 Å². The topological polar surface area (TPSA) is 79.5 Å². The summed E-state index contributed by atoms with van der Waals surface area (Å²) in [5.74, 6) is -3.72. The number of carbonyl (C=O) groups excluding carboxylic acids is 1. The van der Waals surface area contributed by atoms with Gasteiger partial charge in [-0.15, -0.1) is 0 Å². The Bertz CT molecular complexity index is 594. The van der Waals surface area contributed by atoms with Crippen LogP contribution < -0.4 is 5.32 Å². The fourth-order valence-corrected chi connectivity index (χ4v) is 2.89. The van der Waals surface area contributed by atoms with Crippen molar-refractivity contribution in [3.8, 4) is 0 Å². The smallest absolute Gasteiger partial charge is 0.391 e. The van der Waals surface area contributed by atoms with Crippen molar-refractivity contribution in [2.24, 2.45) is 11.8 Å². The van der Waals surface area contributed by atoms with Gasteiger partial charge in [0.1, 0.15) is 5.76 Å². The number of hydrogen-bond donors (Lipinski definition) is 2. The number of aryl methyl sites for hydroxylation is 1. The van der Waals surface area contributed by atoms with Crippen LogP contribution in [0.25, 0.3) is 0 Å². The number of nitrogens with one attached hydrogen (secondary N) is 1. The molecule has 0 radical (unpaired) electrons. The number of aromatic carboxylic acids is 1. The van der Waals surface area contributed by atoms with E-state index >= 15 is 0 Å². The van der Waals surface area contributed by atoms with Crippen LogP contribution in [0.15, 0.2) is 10.5 Å². The zero-order chi connectivity index (χ0) is 17.2. The van der Waals surface area contributed by atoms with Crippen LogP contribution >= 0.6 is 0 Å². The van der Waals surface area contributed by atoms with Gasteiger partial charge in [0.2, 0.25) is 11.7 Å². The highest BCUT2D eigenvalue weighted by Crippen LogP contribution is 2.39. The summed E-state index contributed by atoms with van der Waals surface area (Å²) in [7, 11) is 0. The predicted octanol–water partition coefficient (Wildman–Crippen LogP) is 3.27. The van der Waals surface area contributed by atoms with Crippen LogP contribution in [0, 0.1) is 18.8 Å². The lowest BCUT2D eigenvalue weighted by Gasteiger charge is -2.29. The van der Waals surface area contributed by atoms with Crippen molar-refractivity contribution in [1.29, 1.82) is 0 Å². The van der Waals surface area contributed by atoms with Crippen molar-refractivity contribution < 1.29 is 32.3 Å². The lowest BCUT2D eigenvalue weighted by atomic mass is 9.80. The molecule has 0 saturated heterocycles. The van der Waals surface area contributed by atoms with Gasteiger partial charge in [-0.3, -0.25) is 4.79 Å². The van der Waals surface area contributed by atoms with Crippen LogP contribution in [0.4, 0.5) is 13.2 Å². The molecule has 5 nitrogen and oxygen atoms in total. The second-order valence-corrected chi connectivity index (χ2v) is 5.85. The zero-order valence-corrected chi connectivity index (χ0v) is 12.6. The third-order valence-electron chi connectivity index (χ3n) is 4.11. The largest absolute Gasteiger partial charge is 0.475 e. The van der Waals surface area contributed by atoms with Crippen molar-refractivity contribution in [3.63, 3.8) is 0 Å². The standard InChI is InChI=1S/C15H18F3NO4/c1-8-5-11(23-12(8)14(21)22)7-19-13(20)9-3-2-4-10(6-9)15(16,17)18/h5,9-10H,2-4,6-7H2,1H3,(H,19,20)(H,21,22). The second kappa shape index (κ2) is 6.64. The van der Waals surface area contributed by atoms with Gasteiger partial charge in [0.05, 0.1) is 12.5 Å². The van der Waals surface area contributed by atoms with E-state index in [1.165, 1.54) is 6.07 Å². The van der Waals surface area contributed by atoms with Gasteiger partial charge in [0, 0.05) is 11.5 Å². The fraction of sp³-hybridized carbons (Fsp3) is 0.600. The summed E-state index contributed by atoms with van der Waals surface area (Å²) in [6.45, 7) is 1.52. The summed E-state index contributed by atoms with van der Waals surface area (Å²) in [5.41, 5.74) is 0.427. The number of amides is 1. The minimum Gasteiger partial charge on any atom is -0.475 e. The molecule has 1 saturated carbocycles. The lowest BCUT2D eigenvalue weighted by molar-refractivity contribution is -0.186. The Morgan fingerprint density at radius 2 is 2.09 bits per heavy atom. The van der Waals surface area contributed by atoms with Gasteiger partial charge in [-0.05, 0) is 32.3 Å². The minimum atomic E-state index is -4.27. The minimum absolute atomic E-state index is 0.0415. The Balaban J connectivity index is 1.92. The summed E-state index contributed by atoms with van der Waals surface area (Å²) in [5, 5.41) is 11.4. The lowest BCUT2D eigenvalue weighted by Crippen LogP contribution is -2.37. The van der Waals surface area contributed by atoms with Crippen molar-refractivity contribution in [2.45, 2.75) is 45.3 Å². The summed E-state index contributed by atoms with van der Waals surface area (Å²) < 4.78 is 43.3. The number of carboxylic acids is 1. The quantitative estimate of drug-likeness (QED) is 0.886. The summed E-state index contributed by atoms with van der Waals surface area (Å²) in [4.78, 5) is 22.9. The molecular weight excluding hydrogens is 315 g/mol. The average Bonchev–Trinajstić information content (AvgIpc) is 2.85. The average molecular weight is 333 g/mol. The molecule has 0 bridgehead atoms. The molecule has 1 aliphatic rings. The third kappa shape index (κ3) is 4.27. The molecule has 1 aromatic heterocycles. The third-order valence-corrected chi connectivity index (χ3v) is 4.11. The molecule has 0 spiro atoms. The Morgan fingerprint density at radius 3 is 2.65 bits per heavy atom. The molecule has 1 heterocycles. The molecule has 0 aliphatic heterocycles. The Kier molecular flexibility index (Phi) is 5.01. The van der Waals surface area contributed by atoms with Gasteiger partial charge in [-0.1, -0.05) is 6.42 Å². The van der Waals surface area contributed by atoms with Crippen LogP contribution in [0.3, 0.4) is 0 Å². The summed E-state index contributed by atoms with van der Waals surface area (Å²) >= 11 is 0. The number of carboxylic acid groups (broad SMARTS) is 1. The van der Waals surface area contributed by atoms with Crippen LogP contribution in [0.1, 0.15) is 47.6 Å². The zero-order valence-electron chi connectivity index (χ0n) is 12.6. The molecule has 1 aliphatic carbocycles. The normalized spacial score (nSPS) is 21.9. The van der Waals surface area contributed by atoms with Gasteiger partial charge >= 0.3 is 12.1 Å². The van der Waals surface area contributed by atoms with Crippen LogP contribution in [0.5, 0.6) is 0 Å². The highest BCUT2D eigenvalue weighted by Gasteiger charge is 2.43. The summed E-state index contributed by atoms with van der Waals surface area (Å²) in [6, 6.07) is 1.49. The van der Waals surface area contributed by atoms with E-state index in [0.717, 1.165) is 0 Å². The van der Waals surface area contributed by atoms with Crippen LogP contribution in [0.2, 0.25) is 0 Å². The highest BCUT2D eigenvalue weighted by atomic mass is 19.4. The molecule has 23 heavy (non-hydrogen) atoms. The molecule has 2 rings (SSSR count). The van der Waals surface area contributed by atoms with Crippen molar-refractivity contribution >= 4 is 11.9 Å². The first kappa shape index (κ1) is 17.4. The first-order valence-corrected chi connectivity index (χ1v) is 7.35. The Morgan fingerprint density at radius 1 is 1.39 bits per heavy atom. The molecular formula is C15H18F3NO4. The van der Waals surface area contributed by atoms with E-state index in [1.54, 1.807) is 6.92 Å². The van der Waals surface area contributed by atoms with Crippen molar-refractivity contribution in [2.75, 3.05) is 0 Å². The van der Waals surface area contributed by atoms with Gasteiger partial charge in [0.25, 0.3) is 0 Å². The number of halogens is 3. The first-order chi connectivity index (χ1) is 10.7. The second-order valence-electron chi connectivity index (χ2n) is 5.85. The monoisotopic (exact) mass is 333 g/mol. The molecule has 8 heteroatoms. The maximum Gasteiger partial charge on any atom is 0.391 e. The number of hydrogen-bond acceptors (Lipinski definition) is 3. The number of carbonyl (C=O) groups is 2. The molecule has 0 aromatic carbocycles. The highest BCUT2D eigenvalue weighted by molar-refractivity contribution is 5.86. The molecule has 128 valence electrons. The van der Waals surface area contributed by atoms with Gasteiger partial charge in [-0.2, -0.15) is 13.2 Å². The fourth-order valence-electron chi connectivity index (χ4n) is 2.89. The SMILES string of the molecule is Cc1cc(CNC(=O)C2CCCC(C(F)(F)F)C2)oc1C(=O)O. The Labute approximate surface area is 130 Å². The van der Waals surface area contributed by atoms with Crippen LogP contribution in [-0.4, -0.2) is 23.2 Å². The number of furan rings is 1. The van der Waals surface area contributed by atoms with Gasteiger partial charge < -0.3 is 14.8 Å². The maximum absolute atomic E-state index is 12.7.